The van der Waals surface area contributed by atoms with Crippen LogP contribution < -0.4 is 4.74 Å². The van der Waals surface area contributed by atoms with Gasteiger partial charge in [0.15, 0.2) is 0 Å². The number of aliphatic hydroxyl groups is 1. The largest absolute Gasteiger partial charge is 0.497 e. The first kappa shape index (κ1) is 28.5. The molecule has 2 heterocycles. The van der Waals surface area contributed by atoms with E-state index in [-0.39, 0.29) is 22.7 Å². The molecule has 2 aromatic carbocycles. The van der Waals surface area contributed by atoms with Crippen LogP contribution in [0, 0.1) is 23.5 Å². The number of nitrogens with zero attached hydrogens (tertiary/aromatic N) is 2. The van der Waals surface area contributed by atoms with Gasteiger partial charge in [-0.1, -0.05) is 11.6 Å². The first-order valence-electron chi connectivity index (χ1n) is 12.5. The van der Waals surface area contributed by atoms with Crippen LogP contribution >= 0.6 is 23.4 Å². The molecule has 0 bridgehead atoms. The van der Waals surface area contributed by atoms with Crippen LogP contribution in [0.5, 0.6) is 5.75 Å². The van der Waals surface area contributed by atoms with Gasteiger partial charge in [-0.3, -0.25) is 9.78 Å². The summed E-state index contributed by atoms with van der Waals surface area (Å²) < 4.78 is 37.8. The monoisotopic (exact) mass is 564 g/mol. The Morgan fingerprint density at radius 3 is 2.84 bits per heavy atom. The highest BCUT2D eigenvalue weighted by Gasteiger charge is 2.35. The Balaban J connectivity index is 1.39. The van der Waals surface area contributed by atoms with Crippen molar-refractivity contribution in [3.8, 4) is 5.75 Å². The number of carbonyl (C=O) groups excluding carboxylic acids is 1. The Bertz CT molecular complexity index is 1280. The van der Waals surface area contributed by atoms with Crippen LogP contribution in [0.25, 0.3) is 10.9 Å². The van der Waals surface area contributed by atoms with E-state index in [2.05, 4.69) is 9.88 Å². The van der Waals surface area contributed by atoms with Gasteiger partial charge in [-0.2, -0.15) is 0 Å². The zero-order valence-corrected chi connectivity index (χ0v) is 22.9. The van der Waals surface area contributed by atoms with E-state index in [1.807, 2.05) is 12.1 Å². The Kier molecular flexibility index (Phi) is 9.81. The lowest BCUT2D eigenvalue weighted by Gasteiger charge is -2.37. The predicted molar refractivity (Wildman–Crippen MR) is 145 cm³/mol. The summed E-state index contributed by atoms with van der Waals surface area (Å²) in [5.41, 5.74) is 1.31. The molecule has 1 aliphatic rings. The van der Waals surface area contributed by atoms with Crippen molar-refractivity contribution in [1.82, 2.24) is 9.88 Å². The first-order chi connectivity index (χ1) is 18.3. The van der Waals surface area contributed by atoms with Gasteiger partial charge < -0.3 is 19.5 Å². The summed E-state index contributed by atoms with van der Waals surface area (Å²) in [7, 11) is 2.96. The van der Waals surface area contributed by atoms with Gasteiger partial charge in [-0.25, -0.2) is 8.78 Å². The minimum Gasteiger partial charge on any atom is -0.497 e. The number of rotatable bonds is 10. The van der Waals surface area contributed by atoms with Gasteiger partial charge in [0.2, 0.25) is 0 Å². The molecular formula is C28H31ClF2N2O4S. The summed E-state index contributed by atoms with van der Waals surface area (Å²) in [6, 6.07) is 8.87. The summed E-state index contributed by atoms with van der Waals surface area (Å²) in [4.78, 5) is 19.4. The summed E-state index contributed by atoms with van der Waals surface area (Å²) in [6.07, 6.45) is 2.49. The highest BCUT2D eigenvalue weighted by molar-refractivity contribution is 7.99. The number of halogens is 3. The number of ether oxygens (including phenoxy) is 2. The second kappa shape index (κ2) is 13.1. The van der Waals surface area contributed by atoms with Crippen LogP contribution in [0.15, 0.2) is 47.5 Å². The Morgan fingerprint density at radius 1 is 1.26 bits per heavy atom. The van der Waals surface area contributed by atoms with Crippen molar-refractivity contribution >= 4 is 40.2 Å². The molecule has 1 aliphatic heterocycles. The zero-order valence-electron chi connectivity index (χ0n) is 21.3. The summed E-state index contributed by atoms with van der Waals surface area (Å²) in [5, 5.41) is 12.3. The number of hydrogen-bond donors (Lipinski definition) is 1. The third kappa shape index (κ3) is 6.75. The molecule has 38 heavy (non-hydrogen) atoms. The van der Waals surface area contributed by atoms with E-state index >= 15 is 0 Å². The maximum absolute atomic E-state index is 13.9. The number of thioether (sulfide) groups is 1. The molecule has 0 radical (unpaired) electrons. The number of piperidine rings is 1. The van der Waals surface area contributed by atoms with Gasteiger partial charge in [0.05, 0.1) is 36.8 Å². The summed E-state index contributed by atoms with van der Waals surface area (Å²) in [5.74, 6) is -0.301. The molecule has 1 N–H and O–H groups in total. The number of carbonyl (C=O) groups is 1. The number of benzene rings is 2. The molecule has 0 amide bonds. The third-order valence-corrected chi connectivity index (χ3v) is 8.43. The van der Waals surface area contributed by atoms with E-state index in [1.54, 1.807) is 19.4 Å². The van der Waals surface area contributed by atoms with E-state index in [9.17, 15) is 18.7 Å². The molecule has 0 aliphatic carbocycles. The third-order valence-electron chi connectivity index (χ3n) is 7.11. The van der Waals surface area contributed by atoms with Crippen molar-refractivity contribution in [3.63, 3.8) is 0 Å². The Hall–Kier alpha value is -2.46. The van der Waals surface area contributed by atoms with Crippen molar-refractivity contribution in [2.45, 2.75) is 30.3 Å². The molecule has 6 nitrogen and oxygen atoms in total. The topological polar surface area (TPSA) is 71.9 Å². The molecule has 3 aromatic rings. The molecule has 0 spiro atoms. The fourth-order valence-corrected chi connectivity index (χ4v) is 6.31. The van der Waals surface area contributed by atoms with Crippen LogP contribution in [0.1, 0.15) is 30.9 Å². The molecule has 1 saturated heterocycles. The van der Waals surface area contributed by atoms with Gasteiger partial charge in [0.1, 0.15) is 17.4 Å². The van der Waals surface area contributed by atoms with Gasteiger partial charge in [0.25, 0.3) is 0 Å². The van der Waals surface area contributed by atoms with Crippen LogP contribution in [-0.4, -0.2) is 60.6 Å². The average Bonchev–Trinajstić information content (AvgIpc) is 2.93. The van der Waals surface area contributed by atoms with Crippen LogP contribution in [0.2, 0.25) is 5.02 Å². The second-order valence-electron chi connectivity index (χ2n) is 9.40. The van der Waals surface area contributed by atoms with E-state index in [0.29, 0.717) is 53.5 Å². The molecule has 0 saturated carbocycles. The van der Waals surface area contributed by atoms with E-state index < -0.39 is 17.7 Å². The zero-order chi connectivity index (χ0) is 27.2. The molecule has 204 valence electrons. The fourth-order valence-electron chi connectivity index (χ4n) is 5.06. The number of fused-ring (bicyclic) bond motifs is 1. The van der Waals surface area contributed by atoms with Crippen molar-refractivity contribution in [1.29, 1.82) is 0 Å². The van der Waals surface area contributed by atoms with Crippen molar-refractivity contribution < 1.29 is 28.2 Å². The van der Waals surface area contributed by atoms with E-state index in [4.69, 9.17) is 21.1 Å². The standard InChI is InChI=1S/C28H31ClF2N2O4S/c1-36-19-5-7-24-20(14-19)27(22(29)15-32-24)25(34)8-3-17-9-10-33(16-21(17)28(35)37-2)11-12-38-26-13-18(30)4-6-23(26)31/h4-7,13-15,17,21,25,34H,3,8-12,16H2,1-2H3/t17-,21+,25+/m0/s1. The van der Waals surface area contributed by atoms with Crippen LogP contribution in [0.4, 0.5) is 8.78 Å². The lowest BCUT2D eigenvalue weighted by atomic mass is 9.81. The van der Waals surface area contributed by atoms with Gasteiger partial charge >= 0.3 is 5.97 Å². The average molecular weight is 565 g/mol. The predicted octanol–water partition coefficient (Wildman–Crippen LogP) is 5.89. The van der Waals surface area contributed by atoms with Crippen molar-refractivity contribution in [2.24, 2.45) is 11.8 Å². The number of methoxy groups -OCH3 is 2. The Morgan fingerprint density at radius 2 is 2.08 bits per heavy atom. The summed E-state index contributed by atoms with van der Waals surface area (Å²) >= 11 is 7.71. The van der Waals surface area contributed by atoms with Gasteiger partial charge in [0, 0.05) is 40.9 Å². The minimum atomic E-state index is -0.839. The molecule has 3 atom stereocenters. The normalized spacial score (nSPS) is 18.9. The maximum atomic E-state index is 13.9. The molecule has 4 rings (SSSR count). The number of esters is 1. The maximum Gasteiger partial charge on any atom is 0.310 e. The molecule has 10 heteroatoms. The molecule has 0 unspecified atom stereocenters. The van der Waals surface area contributed by atoms with Crippen LogP contribution in [-0.2, 0) is 9.53 Å². The lowest BCUT2D eigenvalue weighted by molar-refractivity contribution is -0.150. The number of likely N-dealkylation sites (tertiary alicyclic amines) is 1. The first-order valence-corrected chi connectivity index (χ1v) is 13.8. The Labute approximate surface area is 230 Å². The van der Waals surface area contributed by atoms with E-state index in [0.717, 1.165) is 30.5 Å². The highest BCUT2D eigenvalue weighted by atomic mass is 35.5. The second-order valence-corrected chi connectivity index (χ2v) is 10.9. The van der Waals surface area contributed by atoms with Crippen molar-refractivity contribution in [2.75, 3.05) is 39.6 Å². The van der Waals surface area contributed by atoms with E-state index in [1.165, 1.54) is 24.9 Å². The van der Waals surface area contributed by atoms with Gasteiger partial charge in [-0.15, -0.1) is 11.8 Å². The fraction of sp³-hybridized carbons (Fsp3) is 0.429. The quantitative estimate of drug-likeness (QED) is 0.243. The molecule has 1 aromatic heterocycles. The number of aromatic nitrogens is 1. The number of aliphatic hydroxyl groups excluding tert-OH is 1. The lowest BCUT2D eigenvalue weighted by Crippen LogP contribution is -2.45. The van der Waals surface area contributed by atoms with Crippen LogP contribution in [0.3, 0.4) is 0 Å². The number of hydrogen-bond acceptors (Lipinski definition) is 7. The molecule has 1 fully saturated rings. The summed E-state index contributed by atoms with van der Waals surface area (Å²) in [6.45, 7) is 1.90. The smallest absolute Gasteiger partial charge is 0.310 e. The van der Waals surface area contributed by atoms with Gasteiger partial charge in [-0.05, 0) is 68.1 Å². The number of pyridine rings is 1. The SMILES string of the molecule is COC(=O)[C@@H]1CN(CCSc2cc(F)ccc2F)CC[C@@H]1CC[C@@H](O)c1c(Cl)cnc2ccc(OC)cc12. The van der Waals surface area contributed by atoms with Crippen molar-refractivity contribution in [3.05, 3.63) is 64.8 Å². The minimum absolute atomic E-state index is 0.0306. The molecular weight excluding hydrogens is 534 g/mol. The highest BCUT2D eigenvalue weighted by Crippen LogP contribution is 2.37.